The molecular weight excluding hydrogens is 162 g/mol. The van der Waals surface area contributed by atoms with E-state index in [1.807, 2.05) is 0 Å². The second-order valence-corrected chi connectivity index (χ2v) is 3.61. The summed E-state index contributed by atoms with van der Waals surface area (Å²) in [7, 11) is 0. The molecule has 0 aromatic heterocycles. The lowest BCUT2D eigenvalue weighted by Crippen LogP contribution is -2.38. The Morgan fingerprint density at radius 1 is 1.23 bits per heavy atom. The van der Waals surface area contributed by atoms with E-state index in [0.717, 1.165) is 38.8 Å². The van der Waals surface area contributed by atoms with Crippen LogP contribution < -0.4 is 16.0 Å². The molecule has 0 amide bonds. The van der Waals surface area contributed by atoms with Crippen molar-refractivity contribution in [1.82, 2.24) is 16.0 Å². The molecule has 13 heavy (non-hydrogen) atoms. The quantitative estimate of drug-likeness (QED) is 0.584. The Kier molecular flexibility index (Phi) is 6.15. The first-order chi connectivity index (χ1) is 6.43. The summed E-state index contributed by atoms with van der Waals surface area (Å²) in [4.78, 5) is 0. The summed E-state index contributed by atoms with van der Waals surface area (Å²) >= 11 is 0. The molecule has 1 rings (SSSR count). The lowest BCUT2D eigenvalue weighted by Gasteiger charge is -2.22. The maximum absolute atomic E-state index is 4.33. The average molecular weight is 184 g/mol. The SMILES string of the molecule is CCNCCCNC1CC[N]CC1. The van der Waals surface area contributed by atoms with Crippen molar-refractivity contribution in [3.05, 3.63) is 0 Å². The van der Waals surface area contributed by atoms with Gasteiger partial charge in [0.15, 0.2) is 0 Å². The van der Waals surface area contributed by atoms with Crippen LogP contribution in [0.4, 0.5) is 0 Å². The largest absolute Gasteiger partial charge is 0.317 e. The lowest BCUT2D eigenvalue weighted by atomic mass is 10.1. The summed E-state index contributed by atoms with van der Waals surface area (Å²) in [6, 6.07) is 0.735. The van der Waals surface area contributed by atoms with Gasteiger partial charge in [-0.05, 0) is 38.9 Å². The minimum atomic E-state index is 0.735. The zero-order valence-electron chi connectivity index (χ0n) is 8.68. The Labute approximate surface area is 81.7 Å². The van der Waals surface area contributed by atoms with Crippen LogP contribution >= 0.6 is 0 Å². The van der Waals surface area contributed by atoms with E-state index in [4.69, 9.17) is 0 Å². The first-order valence-electron chi connectivity index (χ1n) is 5.51. The third kappa shape index (κ3) is 5.24. The van der Waals surface area contributed by atoms with Gasteiger partial charge < -0.3 is 10.6 Å². The molecule has 3 heteroatoms. The van der Waals surface area contributed by atoms with Crippen LogP contribution in [0, 0.1) is 0 Å². The average Bonchev–Trinajstić information content (AvgIpc) is 2.19. The number of piperidine rings is 1. The molecule has 1 saturated heterocycles. The smallest absolute Gasteiger partial charge is 0.0148 e. The molecule has 1 aliphatic rings. The van der Waals surface area contributed by atoms with Crippen molar-refractivity contribution in [2.24, 2.45) is 0 Å². The molecule has 0 unspecified atom stereocenters. The van der Waals surface area contributed by atoms with E-state index in [1.165, 1.54) is 19.3 Å². The monoisotopic (exact) mass is 184 g/mol. The van der Waals surface area contributed by atoms with Crippen molar-refractivity contribution in [3.63, 3.8) is 0 Å². The van der Waals surface area contributed by atoms with Crippen LogP contribution in [-0.4, -0.2) is 38.8 Å². The van der Waals surface area contributed by atoms with Crippen LogP contribution in [0.5, 0.6) is 0 Å². The van der Waals surface area contributed by atoms with Crippen LogP contribution in [0.3, 0.4) is 0 Å². The van der Waals surface area contributed by atoms with Crippen LogP contribution in [0.15, 0.2) is 0 Å². The summed E-state index contributed by atoms with van der Waals surface area (Å²) in [6.45, 7) is 7.65. The van der Waals surface area contributed by atoms with Gasteiger partial charge in [0.2, 0.25) is 0 Å². The predicted octanol–water partition coefficient (Wildman–Crippen LogP) is 0.342. The maximum Gasteiger partial charge on any atom is 0.0148 e. The van der Waals surface area contributed by atoms with Gasteiger partial charge >= 0.3 is 0 Å². The maximum atomic E-state index is 4.33. The Hall–Kier alpha value is -0.120. The molecule has 0 aliphatic carbocycles. The number of hydrogen-bond acceptors (Lipinski definition) is 2. The lowest BCUT2D eigenvalue weighted by molar-refractivity contribution is 0.381. The van der Waals surface area contributed by atoms with Crippen LogP contribution in [-0.2, 0) is 0 Å². The molecule has 3 nitrogen and oxygen atoms in total. The Morgan fingerprint density at radius 2 is 2.00 bits per heavy atom. The third-order valence-electron chi connectivity index (χ3n) is 2.48. The van der Waals surface area contributed by atoms with Crippen molar-refractivity contribution < 1.29 is 0 Å². The highest BCUT2D eigenvalue weighted by Gasteiger charge is 2.11. The highest BCUT2D eigenvalue weighted by atomic mass is 15.0. The minimum absolute atomic E-state index is 0.735. The normalized spacial score (nSPS) is 19.2. The molecular formula is C10H22N3. The van der Waals surface area contributed by atoms with Crippen molar-refractivity contribution >= 4 is 0 Å². The fraction of sp³-hybridized carbons (Fsp3) is 1.00. The van der Waals surface area contributed by atoms with E-state index in [0.29, 0.717) is 0 Å². The Morgan fingerprint density at radius 3 is 2.69 bits per heavy atom. The highest BCUT2D eigenvalue weighted by Crippen LogP contribution is 2.02. The number of rotatable bonds is 6. The summed E-state index contributed by atoms with van der Waals surface area (Å²) in [6.07, 6.45) is 3.71. The van der Waals surface area contributed by atoms with Gasteiger partial charge in [-0.15, -0.1) is 0 Å². The van der Waals surface area contributed by atoms with E-state index < -0.39 is 0 Å². The van der Waals surface area contributed by atoms with Gasteiger partial charge in [-0.1, -0.05) is 6.92 Å². The summed E-state index contributed by atoms with van der Waals surface area (Å²) in [5.74, 6) is 0. The zero-order chi connectivity index (χ0) is 9.36. The highest BCUT2D eigenvalue weighted by molar-refractivity contribution is 4.73. The fourth-order valence-electron chi connectivity index (χ4n) is 1.65. The van der Waals surface area contributed by atoms with Gasteiger partial charge in [0, 0.05) is 19.1 Å². The molecule has 0 aromatic carbocycles. The zero-order valence-corrected chi connectivity index (χ0v) is 8.68. The molecule has 2 N–H and O–H groups in total. The molecule has 1 aliphatic heterocycles. The standard InChI is InChI=1S/C10H22N3/c1-2-11-6-3-7-13-10-4-8-12-9-5-10/h10-11,13H,2-9H2,1H3. The predicted molar refractivity (Wildman–Crippen MR) is 56.1 cm³/mol. The van der Waals surface area contributed by atoms with Crippen LogP contribution in [0.25, 0.3) is 0 Å². The molecule has 1 fully saturated rings. The van der Waals surface area contributed by atoms with E-state index >= 15 is 0 Å². The van der Waals surface area contributed by atoms with Gasteiger partial charge in [0.05, 0.1) is 0 Å². The minimum Gasteiger partial charge on any atom is -0.317 e. The van der Waals surface area contributed by atoms with Crippen molar-refractivity contribution in [1.29, 1.82) is 0 Å². The Balaban J connectivity index is 1.86. The topological polar surface area (TPSA) is 38.2 Å². The van der Waals surface area contributed by atoms with Crippen LogP contribution in [0.2, 0.25) is 0 Å². The molecule has 1 radical (unpaired) electrons. The van der Waals surface area contributed by atoms with Crippen molar-refractivity contribution in [2.75, 3.05) is 32.7 Å². The van der Waals surface area contributed by atoms with Gasteiger partial charge in [0.1, 0.15) is 0 Å². The first kappa shape index (κ1) is 11.0. The fourth-order valence-corrected chi connectivity index (χ4v) is 1.65. The number of hydrogen-bond donors (Lipinski definition) is 2. The third-order valence-corrected chi connectivity index (χ3v) is 2.48. The van der Waals surface area contributed by atoms with Gasteiger partial charge in [-0.3, -0.25) is 0 Å². The van der Waals surface area contributed by atoms with E-state index in [9.17, 15) is 0 Å². The molecule has 0 spiro atoms. The van der Waals surface area contributed by atoms with E-state index in [-0.39, 0.29) is 0 Å². The van der Waals surface area contributed by atoms with E-state index in [2.05, 4.69) is 22.9 Å². The van der Waals surface area contributed by atoms with E-state index in [1.54, 1.807) is 0 Å². The van der Waals surface area contributed by atoms with Crippen molar-refractivity contribution in [2.45, 2.75) is 32.2 Å². The molecule has 1 heterocycles. The second kappa shape index (κ2) is 7.30. The van der Waals surface area contributed by atoms with Gasteiger partial charge in [-0.25, -0.2) is 5.32 Å². The molecule has 0 aromatic rings. The summed E-state index contributed by atoms with van der Waals surface area (Å²) < 4.78 is 0. The molecule has 0 saturated carbocycles. The number of nitrogens with one attached hydrogen (secondary N) is 2. The summed E-state index contributed by atoms with van der Waals surface area (Å²) in [5, 5.41) is 11.2. The Bertz CT molecular complexity index is 111. The van der Waals surface area contributed by atoms with Crippen molar-refractivity contribution in [3.8, 4) is 0 Å². The second-order valence-electron chi connectivity index (χ2n) is 3.61. The summed E-state index contributed by atoms with van der Waals surface area (Å²) in [5.41, 5.74) is 0. The van der Waals surface area contributed by atoms with Gasteiger partial charge in [-0.2, -0.15) is 0 Å². The first-order valence-corrected chi connectivity index (χ1v) is 5.51. The molecule has 0 atom stereocenters. The molecule has 77 valence electrons. The van der Waals surface area contributed by atoms with Crippen LogP contribution in [0.1, 0.15) is 26.2 Å². The molecule has 0 bridgehead atoms. The number of nitrogens with zero attached hydrogens (tertiary/aromatic N) is 1. The van der Waals surface area contributed by atoms with Gasteiger partial charge in [0.25, 0.3) is 0 Å².